The van der Waals surface area contributed by atoms with Crippen LogP contribution in [-0.2, 0) is 13.1 Å². The summed E-state index contributed by atoms with van der Waals surface area (Å²) in [4.78, 5) is 5.30. The van der Waals surface area contributed by atoms with Crippen molar-refractivity contribution in [2.45, 2.75) is 38.4 Å². The molecule has 1 aromatic rings. The standard InChI is InChI=1S/C16H25N3/c17-11-14-5-1-2-6-15(14)12-18-9-10-19-8-4-3-7-16(19)13-18/h1-2,5-6,16H,3-4,7-13,17H2. The predicted octanol–water partition coefficient (Wildman–Crippen LogP) is 1.82. The molecular weight excluding hydrogens is 234 g/mol. The number of piperazine rings is 1. The van der Waals surface area contributed by atoms with Gasteiger partial charge in [-0.15, -0.1) is 0 Å². The molecule has 0 saturated carbocycles. The van der Waals surface area contributed by atoms with Crippen molar-refractivity contribution >= 4 is 0 Å². The first-order valence-electron chi connectivity index (χ1n) is 7.60. The van der Waals surface area contributed by atoms with E-state index in [0.717, 1.165) is 12.6 Å². The molecule has 1 atom stereocenters. The van der Waals surface area contributed by atoms with Crippen molar-refractivity contribution in [2.24, 2.45) is 5.73 Å². The van der Waals surface area contributed by atoms with Gasteiger partial charge in [-0.05, 0) is 30.5 Å². The topological polar surface area (TPSA) is 32.5 Å². The molecule has 3 heteroatoms. The molecule has 3 rings (SSSR count). The van der Waals surface area contributed by atoms with Crippen LogP contribution in [0.5, 0.6) is 0 Å². The molecule has 1 unspecified atom stereocenters. The normalized spacial score (nSPS) is 25.2. The maximum Gasteiger partial charge on any atom is 0.0238 e. The van der Waals surface area contributed by atoms with Gasteiger partial charge in [-0.3, -0.25) is 9.80 Å². The van der Waals surface area contributed by atoms with Gasteiger partial charge in [0, 0.05) is 38.8 Å². The third kappa shape index (κ3) is 2.99. The van der Waals surface area contributed by atoms with E-state index in [1.165, 1.54) is 56.6 Å². The highest BCUT2D eigenvalue weighted by Gasteiger charge is 2.28. The lowest BCUT2D eigenvalue weighted by molar-refractivity contribution is 0.0456. The van der Waals surface area contributed by atoms with Crippen molar-refractivity contribution in [1.82, 2.24) is 9.80 Å². The summed E-state index contributed by atoms with van der Waals surface area (Å²) in [6.07, 6.45) is 4.19. The van der Waals surface area contributed by atoms with Crippen molar-refractivity contribution in [1.29, 1.82) is 0 Å². The van der Waals surface area contributed by atoms with Crippen LogP contribution in [0.2, 0.25) is 0 Å². The SMILES string of the molecule is NCc1ccccc1CN1CCN2CCCCC2C1. The lowest BCUT2D eigenvalue weighted by Gasteiger charge is -2.44. The number of hydrogen-bond donors (Lipinski definition) is 1. The zero-order valence-corrected chi connectivity index (χ0v) is 11.7. The highest BCUT2D eigenvalue weighted by Crippen LogP contribution is 2.22. The highest BCUT2D eigenvalue weighted by atomic mass is 15.3. The summed E-state index contributed by atoms with van der Waals surface area (Å²) in [5.74, 6) is 0. The number of fused-ring (bicyclic) bond motifs is 1. The first kappa shape index (κ1) is 13.1. The number of rotatable bonds is 3. The lowest BCUT2D eigenvalue weighted by atomic mass is 9.98. The number of nitrogens with zero attached hydrogens (tertiary/aromatic N) is 2. The van der Waals surface area contributed by atoms with E-state index in [0.29, 0.717) is 6.54 Å². The van der Waals surface area contributed by atoms with E-state index in [-0.39, 0.29) is 0 Å². The molecule has 0 bridgehead atoms. The smallest absolute Gasteiger partial charge is 0.0238 e. The van der Waals surface area contributed by atoms with E-state index >= 15 is 0 Å². The van der Waals surface area contributed by atoms with Gasteiger partial charge in [-0.2, -0.15) is 0 Å². The van der Waals surface area contributed by atoms with Gasteiger partial charge < -0.3 is 5.73 Å². The summed E-state index contributed by atoms with van der Waals surface area (Å²) >= 11 is 0. The first-order chi connectivity index (χ1) is 9.36. The number of nitrogens with two attached hydrogens (primary N) is 1. The molecule has 2 N–H and O–H groups in total. The number of piperidine rings is 1. The average molecular weight is 259 g/mol. The fourth-order valence-electron chi connectivity index (χ4n) is 3.52. The van der Waals surface area contributed by atoms with Crippen LogP contribution in [0.4, 0.5) is 0 Å². The monoisotopic (exact) mass is 259 g/mol. The fourth-order valence-corrected chi connectivity index (χ4v) is 3.52. The van der Waals surface area contributed by atoms with Crippen molar-refractivity contribution in [3.05, 3.63) is 35.4 Å². The Morgan fingerprint density at radius 2 is 1.89 bits per heavy atom. The van der Waals surface area contributed by atoms with Crippen LogP contribution in [0.25, 0.3) is 0 Å². The fraction of sp³-hybridized carbons (Fsp3) is 0.625. The Hall–Kier alpha value is -0.900. The molecule has 0 radical (unpaired) electrons. The van der Waals surface area contributed by atoms with Crippen LogP contribution in [0.15, 0.2) is 24.3 Å². The zero-order chi connectivity index (χ0) is 13.1. The third-order valence-electron chi connectivity index (χ3n) is 4.65. The summed E-state index contributed by atoms with van der Waals surface area (Å²) < 4.78 is 0. The maximum absolute atomic E-state index is 5.84. The molecular formula is C16H25N3. The molecule has 0 amide bonds. The van der Waals surface area contributed by atoms with Gasteiger partial charge in [-0.25, -0.2) is 0 Å². The Morgan fingerprint density at radius 1 is 1.05 bits per heavy atom. The van der Waals surface area contributed by atoms with Crippen LogP contribution >= 0.6 is 0 Å². The summed E-state index contributed by atoms with van der Waals surface area (Å²) in [6, 6.07) is 9.41. The molecule has 104 valence electrons. The Morgan fingerprint density at radius 3 is 2.74 bits per heavy atom. The molecule has 1 aromatic carbocycles. The first-order valence-corrected chi connectivity index (χ1v) is 7.60. The summed E-state index contributed by atoms with van der Waals surface area (Å²) in [6.45, 7) is 6.72. The molecule has 2 fully saturated rings. The Balaban J connectivity index is 1.64. The van der Waals surface area contributed by atoms with Gasteiger partial charge in [0.1, 0.15) is 0 Å². The lowest BCUT2D eigenvalue weighted by Crippen LogP contribution is -2.54. The number of hydrogen-bond acceptors (Lipinski definition) is 3. The molecule has 0 spiro atoms. The van der Waals surface area contributed by atoms with Crippen molar-refractivity contribution in [2.75, 3.05) is 26.2 Å². The molecule has 19 heavy (non-hydrogen) atoms. The number of benzene rings is 1. The van der Waals surface area contributed by atoms with Gasteiger partial charge in [0.05, 0.1) is 0 Å². The maximum atomic E-state index is 5.84. The van der Waals surface area contributed by atoms with Gasteiger partial charge in [-0.1, -0.05) is 30.7 Å². The summed E-state index contributed by atoms with van der Waals surface area (Å²) in [7, 11) is 0. The van der Waals surface area contributed by atoms with E-state index in [1.54, 1.807) is 0 Å². The molecule has 2 aliphatic heterocycles. The Labute approximate surface area is 116 Å². The quantitative estimate of drug-likeness (QED) is 0.898. The second-order valence-electron chi connectivity index (χ2n) is 5.89. The summed E-state index contributed by atoms with van der Waals surface area (Å²) in [5.41, 5.74) is 8.55. The molecule has 0 aliphatic carbocycles. The van der Waals surface area contributed by atoms with E-state index in [1.807, 2.05) is 0 Å². The van der Waals surface area contributed by atoms with Gasteiger partial charge in [0.15, 0.2) is 0 Å². The predicted molar refractivity (Wildman–Crippen MR) is 78.8 cm³/mol. The minimum absolute atomic E-state index is 0.652. The van der Waals surface area contributed by atoms with E-state index in [2.05, 4.69) is 34.1 Å². The molecule has 3 nitrogen and oxygen atoms in total. The average Bonchev–Trinajstić information content (AvgIpc) is 2.48. The molecule has 2 heterocycles. The second-order valence-corrected chi connectivity index (χ2v) is 5.89. The van der Waals surface area contributed by atoms with Gasteiger partial charge >= 0.3 is 0 Å². The third-order valence-corrected chi connectivity index (χ3v) is 4.65. The molecule has 0 aromatic heterocycles. The Kier molecular flexibility index (Phi) is 4.16. The largest absolute Gasteiger partial charge is 0.326 e. The summed E-state index contributed by atoms with van der Waals surface area (Å²) in [5, 5.41) is 0. The molecule has 2 aliphatic rings. The zero-order valence-electron chi connectivity index (χ0n) is 11.7. The van der Waals surface area contributed by atoms with Crippen molar-refractivity contribution in [3.63, 3.8) is 0 Å². The van der Waals surface area contributed by atoms with Crippen LogP contribution in [0.1, 0.15) is 30.4 Å². The molecule has 2 saturated heterocycles. The van der Waals surface area contributed by atoms with Gasteiger partial charge in [0.2, 0.25) is 0 Å². The second kappa shape index (κ2) is 6.04. The van der Waals surface area contributed by atoms with Crippen LogP contribution in [0.3, 0.4) is 0 Å². The van der Waals surface area contributed by atoms with E-state index in [9.17, 15) is 0 Å². The minimum atomic E-state index is 0.652. The van der Waals surface area contributed by atoms with Crippen LogP contribution < -0.4 is 5.73 Å². The van der Waals surface area contributed by atoms with Gasteiger partial charge in [0.25, 0.3) is 0 Å². The Bertz CT molecular complexity index is 418. The van der Waals surface area contributed by atoms with E-state index < -0.39 is 0 Å². The van der Waals surface area contributed by atoms with Crippen LogP contribution in [0, 0.1) is 0 Å². The van der Waals surface area contributed by atoms with Crippen molar-refractivity contribution in [3.8, 4) is 0 Å². The minimum Gasteiger partial charge on any atom is -0.326 e. The van der Waals surface area contributed by atoms with Crippen molar-refractivity contribution < 1.29 is 0 Å². The van der Waals surface area contributed by atoms with Crippen LogP contribution in [-0.4, -0.2) is 42.0 Å². The highest BCUT2D eigenvalue weighted by molar-refractivity contribution is 5.26. The van der Waals surface area contributed by atoms with E-state index in [4.69, 9.17) is 5.73 Å².